The summed E-state index contributed by atoms with van der Waals surface area (Å²) in [6, 6.07) is 57.8. The average Bonchev–Trinajstić information content (AvgIpc) is 1.62. The summed E-state index contributed by atoms with van der Waals surface area (Å²) in [4.78, 5) is 0.951. The molecule has 8 aromatic carbocycles. The molecule has 0 atom stereocenters. The number of sulfone groups is 2. The molecular formula is C79H94O6S2. The van der Waals surface area contributed by atoms with Gasteiger partial charge in [0.05, 0.1) is 19.6 Å². The highest BCUT2D eigenvalue weighted by atomic mass is 32.2. The molecule has 0 aromatic heterocycles. The molecule has 87 heavy (non-hydrogen) atoms. The molecule has 0 amide bonds. The topological polar surface area (TPSA) is 86.7 Å². The Balaban J connectivity index is 0.811. The van der Waals surface area contributed by atoms with Crippen molar-refractivity contribution in [3.8, 4) is 34.1 Å². The third kappa shape index (κ3) is 16.5. The highest BCUT2D eigenvalue weighted by Gasteiger charge is 2.42. The molecule has 1 aliphatic carbocycles. The fourth-order valence-corrected chi connectivity index (χ4v) is 15.5. The summed E-state index contributed by atoms with van der Waals surface area (Å²) in [5, 5.41) is 0. The Bertz CT molecular complexity index is 3650. The van der Waals surface area contributed by atoms with E-state index in [-0.39, 0.29) is 30.4 Å². The monoisotopic (exact) mass is 1200 g/mol. The molecule has 0 bridgehead atoms. The summed E-state index contributed by atoms with van der Waals surface area (Å²) < 4.78 is 66.9. The normalized spacial score (nSPS) is 12.9. The summed E-state index contributed by atoms with van der Waals surface area (Å²) in [6.45, 7) is 13.1. The van der Waals surface area contributed by atoms with E-state index >= 15 is 0 Å². The fraction of sp³-hybridized carbons (Fsp3) is 0.392. The van der Waals surface area contributed by atoms with Crippen LogP contribution in [-0.4, -0.2) is 16.8 Å². The van der Waals surface area contributed by atoms with Crippen molar-refractivity contribution in [3.05, 3.63) is 226 Å². The quantitative estimate of drug-likeness (QED) is 0.0374. The maximum absolute atomic E-state index is 14.1. The molecule has 6 nitrogen and oxygen atoms in total. The van der Waals surface area contributed by atoms with Crippen LogP contribution in [0, 0.1) is 13.8 Å². The van der Waals surface area contributed by atoms with Gasteiger partial charge >= 0.3 is 0 Å². The van der Waals surface area contributed by atoms with E-state index in [0.717, 1.165) is 28.7 Å². The molecule has 0 unspecified atom stereocenters. The van der Waals surface area contributed by atoms with Gasteiger partial charge in [-0.15, -0.1) is 0 Å². The third-order valence-electron chi connectivity index (χ3n) is 18.4. The molecule has 9 rings (SSSR count). The molecule has 0 fully saturated rings. The van der Waals surface area contributed by atoms with Crippen molar-refractivity contribution in [3.63, 3.8) is 0 Å². The van der Waals surface area contributed by atoms with E-state index in [1.165, 1.54) is 175 Å². The number of hydrogen-bond donors (Lipinski definition) is 0. The van der Waals surface area contributed by atoms with E-state index in [1.807, 2.05) is 67.6 Å². The number of rotatable bonds is 34. The van der Waals surface area contributed by atoms with Crippen molar-refractivity contribution in [2.45, 2.75) is 220 Å². The van der Waals surface area contributed by atoms with Crippen molar-refractivity contribution < 1.29 is 26.3 Å². The molecule has 1 aliphatic rings. The van der Waals surface area contributed by atoms with Gasteiger partial charge < -0.3 is 9.47 Å². The zero-order valence-electron chi connectivity index (χ0n) is 52.8. The van der Waals surface area contributed by atoms with Gasteiger partial charge in [-0.3, -0.25) is 0 Å². The summed E-state index contributed by atoms with van der Waals surface area (Å²) in [6.07, 6.45) is 29.9. The molecule has 0 aliphatic heterocycles. The molecule has 458 valence electrons. The number of ether oxygens (including phenoxy) is 2. The smallest absolute Gasteiger partial charge is 0.206 e. The van der Waals surface area contributed by atoms with Crippen molar-refractivity contribution in [1.29, 1.82) is 0 Å². The first-order valence-corrected chi connectivity index (χ1v) is 35.7. The van der Waals surface area contributed by atoms with E-state index in [4.69, 9.17) is 9.47 Å². The first-order chi connectivity index (χ1) is 42.1. The minimum Gasteiger partial charge on any atom is -0.457 e. The third-order valence-corrected chi connectivity index (χ3v) is 21.9. The molecule has 0 heterocycles. The predicted molar refractivity (Wildman–Crippen MR) is 360 cm³/mol. The van der Waals surface area contributed by atoms with Crippen molar-refractivity contribution in [2.75, 3.05) is 0 Å². The molecule has 0 saturated heterocycles. The van der Waals surface area contributed by atoms with E-state index < -0.39 is 19.7 Å². The number of benzene rings is 8. The second-order valence-electron chi connectivity index (χ2n) is 25.3. The Morgan fingerprint density at radius 2 is 0.655 bits per heavy atom. The highest BCUT2D eigenvalue weighted by molar-refractivity contribution is 7.91. The molecule has 0 N–H and O–H groups in total. The standard InChI is InChI=1S/C79H94O6S2/c1-7-9-11-13-15-17-19-21-23-25-55-79(56-26-24-22-20-18-16-14-12-10-8-2)76-57-61(4)29-53-74(76)75-54-32-63(59-77(75)79)58-62-30-47-71(48-31-62)87(82,83)73-51-43-69(44-52-73)85-67-39-35-65(36-40-67)78(5,6)64-33-37-66(38-34-64)84-68-41-49-72(50-42-68)86(80,81)70-45-27-60(3)28-46-70/h27-54,57,59H,7-26,55-56,58H2,1-6H3. The van der Waals surface area contributed by atoms with Gasteiger partial charge in [0.15, 0.2) is 0 Å². The minimum atomic E-state index is -3.79. The van der Waals surface area contributed by atoms with E-state index in [0.29, 0.717) is 23.0 Å². The number of aryl methyl sites for hydroxylation is 2. The maximum atomic E-state index is 14.1. The lowest BCUT2D eigenvalue weighted by atomic mass is 9.70. The van der Waals surface area contributed by atoms with Crippen LogP contribution in [0.1, 0.15) is 213 Å². The fourth-order valence-electron chi connectivity index (χ4n) is 13.0. The van der Waals surface area contributed by atoms with Gasteiger partial charge in [-0.25, -0.2) is 16.8 Å². The molecule has 0 radical (unpaired) electrons. The number of unbranched alkanes of at least 4 members (excludes halogenated alkanes) is 18. The second kappa shape index (κ2) is 30.5. The lowest BCUT2D eigenvalue weighted by Gasteiger charge is -2.33. The molecular weight excluding hydrogens is 1110 g/mol. The molecule has 0 spiro atoms. The van der Waals surface area contributed by atoms with Crippen molar-refractivity contribution >= 4 is 19.7 Å². The van der Waals surface area contributed by atoms with Crippen LogP contribution in [0.15, 0.2) is 202 Å². The summed E-state index contributed by atoms with van der Waals surface area (Å²) in [5.41, 5.74) is 12.4. The van der Waals surface area contributed by atoms with E-state index in [9.17, 15) is 16.8 Å². The number of fused-ring (bicyclic) bond motifs is 3. The molecule has 8 aromatic rings. The van der Waals surface area contributed by atoms with Crippen molar-refractivity contribution in [1.82, 2.24) is 0 Å². The Labute approximate surface area is 523 Å². The van der Waals surface area contributed by atoms with E-state index in [2.05, 4.69) is 71.0 Å². The van der Waals surface area contributed by atoms with Crippen LogP contribution in [0.2, 0.25) is 0 Å². The summed E-state index contributed by atoms with van der Waals surface area (Å²) in [5.74, 6) is 2.35. The lowest BCUT2D eigenvalue weighted by Crippen LogP contribution is -2.26. The van der Waals surface area contributed by atoms with Crippen LogP contribution >= 0.6 is 0 Å². The second-order valence-corrected chi connectivity index (χ2v) is 29.2. The van der Waals surface area contributed by atoms with Gasteiger partial charge in [-0.1, -0.05) is 252 Å². The van der Waals surface area contributed by atoms with Gasteiger partial charge in [0, 0.05) is 10.8 Å². The van der Waals surface area contributed by atoms with Crippen LogP contribution in [-0.2, 0) is 36.9 Å². The Kier molecular flexibility index (Phi) is 22.7. The zero-order chi connectivity index (χ0) is 61.3. The highest BCUT2D eigenvalue weighted by Crippen LogP contribution is 2.55. The van der Waals surface area contributed by atoms with Crippen LogP contribution in [0.4, 0.5) is 0 Å². The van der Waals surface area contributed by atoms with Gasteiger partial charge in [0.1, 0.15) is 23.0 Å². The van der Waals surface area contributed by atoms with E-state index in [1.54, 1.807) is 84.9 Å². The average molecular weight is 1200 g/mol. The maximum Gasteiger partial charge on any atom is 0.206 e. The van der Waals surface area contributed by atoms with Gasteiger partial charge in [-0.2, -0.15) is 0 Å². The Hall–Kier alpha value is -6.74. The lowest BCUT2D eigenvalue weighted by molar-refractivity contribution is 0.396. The predicted octanol–water partition coefficient (Wildman–Crippen LogP) is 22.4. The number of hydrogen-bond acceptors (Lipinski definition) is 6. The first kappa shape index (κ1) is 64.7. The van der Waals surface area contributed by atoms with Crippen molar-refractivity contribution in [2.24, 2.45) is 0 Å². The summed E-state index contributed by atoms with van der Waals surface area (Å²) in [7, 11) is -7.42. The molecule has 0 saturated carbocycles. The first-order valence-electron chi connectivity index (χ1n) is 32.8. The molecule has 8 heteroatoms. The Morgan fingerprint density at radius 3 is 1.06 bits per heavy atom. The summed E-state index contributed by atoms with van der Waals surface area (Å²) >= 11 is 0. The van der Waals surface area contributed by atoms with Crippen LogP contribution in [0.3, 0.4) is 0 Å². The Morgan fingerprint density at radius 1 is 0.345 bits per heavy atom. The van der Waals surface area contributed by atoms with Gasteiger partial charge in [-0.05, 0) is 175 Å². The minimum absolute atomic E-state index is 0.000261. The SMILES string of the molecule is CCCCCCCCCCCCC1(CCCCCCCCCCCC)c2cc(C)ccc2-c2ccc(Cc3ccc(S(=O)(=O)c4ccc(Oc5ccc(C(C)(C)c6ccc(Oc7ccc(S(=O)(=O)c8ccc(C)cc8)cc7)cc6)cc5)cc4)cc3)cc21. The van der Waals surface area contributed by atoms with Gasteiger partial charge in [0.25, 0.3) is 0 Å². The van der Waals surface area contributed by atoms with Crippen LogP contribution in [0.25, 0.3) is 11.1 Å². The van der Waals surface area contributed by atoms with Crippen LogP contribution < -0.4 is 9.47 Å². The van der Waals surface area contributed by atoms with Crippen LogP contribution in [0.5, 0.6) is 23.0 Å². The largest absolute Gasteiger partial charge is 0.457 e. The van der Waals surface area contributed by atoms with Gasteiger partial charge in [0.2, 0.25) is 19.7 Å². The zero-order valence-corrected chi connectivity index (χ0v) is 54.5.